The van der Waals surface area contributed by atoms with E-state index in [2.05, 4.69) is 5.32 Å². The Balaban J connectivity index is 2.20. The number of rotatable bonds is 7. The molecule has 0 spiro atoms. The lowest BCUT2D eigenvalue weighted by Crippen LogP contribution is -2.31. The van der Waals surface area contributed by atoms with E-state index in [1.807, 2.05) is 11.4 Å². The third kappa shape index (κ3) is 4.95. The van der Waals surface area contributed by atoms with Crippen molar-refractivity contribution in [2.45, 2.75) is 12.6 Å². The molecule has 3 nitrogen and oxygen atoms in total. The highest BCUT2D eigenvalue weighted by molar-refractivity contribution is 7.10. The largest absolute Gasteiger partial charge is 0.382 e. The van der Waals surface area contributed by atoms with Crippen LogP contribution in [0.25, 0.3) is 0 Å². The fourth-order valence-electron chi connectivity index (χ4n) is 1.20. The summed E-state index contributed by atoms with van der Waals surface area (Å²) in [5, 5.41) is 6.03. The molecule has 0 amide bonds. The highest BCUT2D eigenvalue weighted by Gasteiger charge is 2.06. The van der Waals surface area contributed by atoms with Crippen molar-refractivity contribution in [1.29, 1.82) is 0 Å². The van der Waals surface area contributed by atoms with Gasteiger partial charge in [0.2, 0.25) is 0 Å². The van der Waals surface area contributed by atoms with Crippen molar-refractivity contribution in [2.24, 2.45) is 0 Å². The Labute approximate surface area is 99.3 Å². The van der Waals surface area contributed by atoms with E-state index in [4.69, 9.17) is 21.1 Å². The molecule has 1 rings (SSSR count). The summed E-state index contributed by atoms with van der Waals surface area (Å²) in [5.74, 6) is 0. The molecule has 1 unspecified atom stereocenters. The number of nitrogens with one attached hydrogen (secondary N) is 1. The van der Waals surface area contributed by atoms with E-state index in [1.54, 1.807) is 25.6 Å². The molecular formula is C10H16ClNO2S. The minimum Gasteiger partial charge on any atom is -0.382 e. The van der Waals surface area contributed by atoms with Gasteiger partial charge < -0.3 is 14.8 Å². The van der Waals surface area contributed by atoms with Crippen molar-refractivity contribution >= 4 is 22.9 Å². The number of hydrogen-bond acceptors (Lipinski definition) is 4. The van der Waals surface area contributed by atoms with Crippen LogP contribution in [-0.2, 0) is 16.0 Å². The lowest BCUT2D eigenvalue weighted by atomic mass is 10.3. The molecule has 1 N–H and O–H groups in total. The first-order valence-corrected chi connectivity index (χ1v) is 5.97. The zero-order chi connectivity index (χ0) is 11.1. The summed E-state index contributed by atoms with van der Waals surface area (Å²) in [6.07, 6.45) is 0.102. The third-order valence-electron chi connectivity index (χ3n) is 1.98. The molecule has 5 heteroatoms. The van der Waals surface area contributed by atoms with Gasteiger partial charge in [-0.05, 0) is 6.07 Å². The molecule has 0 saturated heterocycles. The van der Waals surface area contributed by atoms with Gasteiger partial charge in [-0.1, -0.05) is 11.6 Å². The van der Waals surface area contributed by atoms with E-state index in [1.165, 1.54) is 4.88 Å². The number of hydrogen-bond donors (Lipinski definition) is 1. The van der Waals surface area contributed by atoms with Gasteiger partial charge in [-0.2, -0.15) is 0 Å². The lowest BCUT2D eigenvalue weighted by molar-refractivity contribution is 0.0288. The van der Waals surface area contributed by atoms with Gasteiger partial charge in [0.15, 0.2) is 0 Å². The zero-order valence-electron chi connectivity index (χ0n) is 8.96. The summed E-state index contributed by atoms with van der Waals surface area (Å²) >= 11 is 7.47. The number of halogens is 1. The second kappa shape index (κ2) is 7.19. The third-order valence-corrected chi connectivity index (χ3v) is 3.26. The standard InChI is InChI=1S/C10H16ClNO2S/c1-13-6-9(14-2)4-12-5-10-3-8(11)7-15-10/h3,7,9,12H,4-6H2,1-2H3. The second-order valence-corrected chi connectivity index (χ2v) is 4.61. The van der Waals surface area contributed by atoms with Gasteiger partial charge in [-0.25, -0.2) is 0 Å². The molecule has 0 saturated carbocycles. The molecule has 0 aliphatic carbocycles. The number of methoxy groups -OCH3 is 2. The highest BCUT2D eigenvalue weighted by atomic mass is 35.5. The highest BCUT2D eigenvalue weighted by Crippen LogP contribution is 2.18. The smallest absolute Gasteiger partial charge is 0.0928 e. The first-order chi connectivity index (χ1) is 7.26. The van der Waals surface area contributed by atoms with E-state index >= 15 is 0 Å². The van der Waals surface area contributed by atoms with Gasteiger partial charge in [0.05, 0.1) is 17.7 Å². The van der Waals surface area contributed by atoms with Crippen LogP contribution in [0.1, 0.15) is 4.88 Å². The minimum absolute atomic E-state index is 0.102. The first kappa shape index (κ1) is 12.9. The van der Waals surface area contributed by atoms with Crippen molar-refractivity contribution < 1.29 is 9.47 Å². The van der Waals surface area contributed by atoms with E-state index in [0.29, 0.717) is 6.61 Å². The maximum Gasteiger partial charge on any atom is 0.0928 e. The van der Waals surface area contributed by atoms with Crippen LogP contribution < -0.4 is 5.32 Å². The van der Waals surface area contributed by atoms with Gasteiger partial charge >= 0.3 is 0 Å². The Morgan fingerprint density at radius 1 is 1.53 bits per heavy atom. The summed E-state index contributed by atoms with van der Waals surface area (Å²) in [6, 6.07) is 1.97. The van der Waals surface area contributed by atoms with Crippen LogP contribution in [0.15, 0.2) is 11.4 Å². The van der Waals surface area contributed by atoms with E-state index in [-0.39, 0.29) is 6.10 Å². The van der Waals surface area contributed by atoms with Crippen molar-refractivity contribution in [1.82, 2.24) is 5.32 Å². The Morgan fingerprint density at radius 2 is 2.33 bits per heavy atom. The number of ether oxygens (including phenoxy) is 2. The topological polar surface area (TPSA) is 30.5 Å². The molecule has 0 radical (unpaired) electrons. The average molecular weight is 250 g/mol. The summed E-state index contributed by atoms with van der Waals surface area (Å²) in [7, 11) is 3.36. The van der Waals surface area contributed by atoms with E-state index in [0.717, 1.165) is 18.1 Å². The van der Waals surface area contributed by atoms with Gasteiger partial charge in [0.1, 0.15) is 0 Å². The van der Waals surface area contributed by atoms with Gasteiger partial charge in [0, 0.05) is 37.6 Å². The summed E-state index contributed by atoms with van der Waals surface area (Å²) in [5.41, 5.74) is 0. The fourth-order valence-corrected chi connectivity index (χ4v) is 2.24. The quantitative estimate of drug-likeness (QED) is 0.803. The fraction of sp³-hybridized carbons (Fsp3) is 0.600. The average Bonchev–Trinajstić information content (AvgIpc) is 2.63. The summed E-state index contributed by atoms with van der Waals surface area (Å²) in [4.78, 5) is 1.23. The van der Waals surface area contributed by atoms with Crippen molar-refractivity contribution in [3.63, 3.8) is 0 Å². The molecule has 1 aromatic rings. The van der Waals surface area contributed by atoms with Crippen LogP contribution in [0.2, 0.25) is 5.02 Å². The maximum absolute atomic E-state index is 5.82. The Hall–Kier alpha value is -0.130. The predicted molar refractivity (Wildman–Crippen MR) is 63.7 cm³/mol. The van der Waals surface area contributed by atoms with Gasteiger partial charge in [-0.15, -0.1) is 11.3 Å². The zero-order valence-corrected chi connectivity index (χ0v) is 10.5. The van der Waals surface area contributed by atoms with Crippen LogP contribution in [0.5, 0.6) is 0 Å². The maximum atomic E-state index is 5.82. The predicted octanol–water partition coefficient (Wildman–Crippen LogP) is 2.15. The molecule has 15 heavy (non-hydrogen) atoms. The molecule has 1 heterocycles. The monoisotopic (exact) mass is 249 g/mol. The van der Waals surface area contributed by atoms with Crippen LogP contribution >= 0.6 is 22.9 Å². The number of thiophene rings is 1. The van der Waals surface area contributed by atoms with Crippen molar-refractivity contribution in [2.75, 3.05) is 27.4 Å². The molecule has 1 atom stereocenters. The van der Waals surface area contributed by atoms with E-state index in [9.17, 15) is 0 Å². The minimum atomic E-state index is 0.102. The molecule has 0 bridgehead atoms. The second-order valence-electron chi connectivity index (χ2n) is 3.18. The molecular weight excluding hydrogens is 234 g/mol. The summed E-state index contributed by atoms with van der Waals surface area (Å²) in [6.45, 7) is 2.20. The van der Waals surface area contributed by atoms with Crippen molar-refractivity contribution in [3.8, 4) is 0 Å². The SMILES string of the molecule is COCC(CNCc1cc(Cl)cs1)OC. The molecule has 86 valence electrons. The molecule has 1 aromatic heterocycles. The molecule has 0 aliphatic heterocycles. The van der Waals surface area contributed by atoms with Crippen LogP contribution in [0.4, 0.5) is 0 Å². The van der Waals surface area contributed by atoms with Crippen molar-refractivity contribution in [3.05, 3.63) is 21.3 Å². The molecule has 0 aromatic carbocycles. The van der Waals surface area contributed by atoms with Gasteiger partial charge in [0.25, 0.3) is 0 Å². The Morgan fingerprint density at radius 3 is 2.87 bits per heavy atom. The molecule has 0 aliphatic rings. The van der Waals surface area contributed by atoms with Crippen LogP contribution in [0, 0.1) is 0 Å². The first-order valence-electron chi connectivity index (χ1n) is 4.71. The Kier molecular flexibility index (Phi) is 6.20. The summed E-state index contributed by atoms with van der Waals surface area (Å²) < 4.78 is 10.2. The van der Waals surface area contributed by atoms with Crippen LogP contribution in [0.3, 0.4) is 0 Å². The lowest BCUT2D eigenvalue weighted by Gasteiger charge is -2.14. The van der Waals surface area contributed by atoms with E-state index < -0.39 is 0 Å². The van der Waals surface area contributed by atoms with Crippen LogP contribution in [-0.4, -0.2) is 33.5 Å². The van der Waals surface area contributed by atoms with Gasteiger partial charge in [-0.3, -0.25) is 0 Å². The Bertz CT molecular complexity index is 280. The normalized spacial score (nSPS) is 13.0. The molecule has 0 fully saturated rings.